The topological polar surface area (TPSA) is 55.6 Å². The summed E-state index contributed by atoms with van der Waals surface area (Å²) in [5, 5.41) is 0. The van der Waals surface area contributed by atoms with Gasteiger partial charge in [-0.15, -0.1) is 0 Å². The lowest BCUT2D eigenvalue weighted by atomic mass is 9.99. The number of carbonyl (C=O) groups is 1. The van der Waals surface area contributed by atoms with Crippen molar-refractivity contribution in [2.24, 2.45) is 11.7 Å². The van der Waals surface area contributed by atoms with Crippen molar-refractivity contribution in [1.82, 2.24) is 4.90 Å². The Morgan fingerprint density at radius 2 is 2.16 bits per heavy atom. The molecule has 110 valence electrons. The van der Waals surface area contributed by atoms with Gasteiger partial charge in [0.15, 0.2) is 0 Å². The molecule has 1 heterocycles. The fourth-order valence-corrected chi connectivity index (χ4v) is 3.35. The Hall–Kier alpha value is -0.610. The molecular weight excluding hydrogens is 240 g/mol. The van der Waals surface area contributed by atoms with Gasteiger partial charge in [-0.2, -0.15) is 0 Å². The third kappa shape index (κ3) is 3.69. The maximum Gasteiger partial charge on any atom is 0.225 e. The van der Waals surface area contributed by atoms with E-state index >= 15 is 0 Å². The Morgan fingerprint density at radius 1 is 1.37 bits per heavy atom. The highest BCUT2D eigenvalue weighted by molar-refractivity contribution is 5.79. The molecule has 1 saturated carbocycles. The van der Waals surface area contributed by atoms with E-state index in [0.717, 1.165) is 38.6 Å². The molecule has 1 amide bonds. The summed E-state index contributed by atoms with van der Waals surface area (Å²) in [6.07, 6.45) is 6.73. The Kier molecular flexibility index (Phi) is 5.22. The van der Waals surface area contributed by atoms with E-state index in [2.05, 4.69) is 11.8 Å². The zero-order chi connectivity index (χ0) is 13.8. The number of amides is 1. The number of nitrogens with zero attached hydrogens (tertiary/aromatic N) is 1. The van der Waals surface area contributed by atoms with Crippen LogP contribution in [0.3, 0.4) is 0 Å². The molecule has 0 aromatic carbocycles. The van der Waals surface area contributed by atoms with Crippen molar-refractivity contribution < 1.29 is 9.53 Å². The summed E-state index contributed by atoms with van der Waals surface area (Å²) >= 11 is 0. The SMILES string of the molecule is CC(N)CCCC(C)C(=O)N1CCOC2CCCC21. The number of hydrogen-bond donors (Lipinski definition) is 1. The highest BCUT2D eigenvalue weighted by atomic mass is 16.5. The molecule has 1 aliphatic heterocycles. The van der Waals surface area contributed by atoms with Crippen LogP contribution in [0.15, 0.2) is 0 Å². The van der Waals surface area contributed by atoms with Gasteiger partial charge in [-0.3, -0.25) is 4.79 Å². The maximum absolute atomic E-state index is 12.6. The van der Waals surface area contributed by atoms with Crippen molar-refractivity contribution in [1.29, 1.82) is 0 Å². The van der Waals surface area contributed by atoms with Crippen LogP contribution in [0.4, 0.5) is 0 Å². The normalized spacial score (nSPS) is 29.9. The van der Waals surface area contributed by atoms with Gasteiger partial charge in [-0.1, -0.05) is 13.3 Å². The van der Waals surface area contributed by atoms with Crippen molar-refractivity contribution in [2.45, 2.75) is 70.6 Å². The molecule has 2 aliphatic rings. The summed E-state index contributed by atoms with van der Waals surface area (Å²) in [6, 6.07) is 0.585. The average Bonchev–Trinajstić information content (AvgIpc) is 2.85. The van der Waals surface area contributed by atoms with E-state index in [1.54, 1.807) is 0 Å². The Labute approximate surface area is 116 Å². The predicted molar refractivity (Wildman–Crippen MR) is 75.8 cm³/mol. The van der Waals surface area contributed by atoms with Crippen LogP contribution in [0.2, 0.25) is 0 Å². The van der Waals surface area contributed by atoms with Gasteiger partial charge in [0.1, 0.15) is 0 Å². The molecule has 0 aromatic rings. The van der Waals surface area contributed by atoms with Gasteiger partial charge in [-0.25, -0.2) is 0 Å². The summed E-state index contributed by atoms with van der Waals surface area (Å²) in [4.78, 5) is 14.7. The zero-order valence-corrected chi connectivity index (χ0v) is 12.3. The number of rotatable bonds is 5. The molecule has 1 aliphatic carbocycles. The van der Waals surface area contributed by atoms with E-state index in [1.165, 1.54) is 6.42 Å². The molecule has 4 unspecified atom stereocenters. The van der Waals surface area contributed by atoms with Crippen LogP contribution in [0.5, 0.6) is 0 Å². The summed E-state index contributed by atoms with van der Waals surface area (Å²) in [5.74, 6) is 0.447. The van der Waals surface area contributed by atoms with Gasteiger partial charge in [0.2, 0.25) is 5.91 Å². The van der Waals surface area contributed by atoms with Crippen molar-refractivity contribution in [3.05, 3.63) is 0 Å². The van der Waals surface area contributed by atoms with Crippen LogP contribution in [0.25, 0.3) is 0 Å². The van der Waals surface area contributed by atoms with Crippen molar-refractivity contribution in [3.8, 4) is 0 Å². The number of ether oxygens (including phenoxy) is 1. The van der Waals surface area contributed by atoms with Crippen LogP contribution in [0, 0.1) is 5.92 Å². The van der Waals surface area contributed by atoms with E-state index in [-0.39, 0.29) is 12.0 Å². The fraction of sp³-hybridized carbons (Fsp3) is 0.933. The summed E-state index contributed by atoms with van der Waals surface area (Å²) < 4.78 is 5.76. The second kappa shape index (κ2) is 6.71. The number of nitrogens with two attached hydrogens (primary N) is 1. The highest BCUT2D eigenvalue weighted by Crippen LogP contribution is 2.31. The van der Waals surface area contributed by atoms with Crippen LogP contribution in [0.1, 0.15) is 52.4 Å². The molecule has 2 rings (SSSR count). The molecular formula is C15H28N2O2. The van der Waals surface area contributed by atoms with Crippen molar-refractivity contribution >= 4 is 5.91 Å². The van der Waals surface area contributed by atoms with E-state index in [1.807, 2.05) is 6.92 Å². The third-order valence-corrected chi connectivity index (χ3v) is 4.48. The lowest BCUT2D eigenvalue weighted by Gasteiger charge is -2.39. The van der Waals surface area contributed by atoms with E-state index in [4.69, 9.17) is 10.5 Å². The second-order valence-electron chi connectivity index (χ2n) is 6.25. The van der Waals surface area contributed by atoms with Gasteiger partial charge in [-0.05, 0) is 39.0 Å². The third-order valence-electron chi connectivity index (χ3n) is 4.48. The average molecular weight is 268 g/mol. The second-order valence-corrected chi connectivity index (χ2v) is 6.25. The molecule has 1 saturated heterocycles. The molecule has 0 radical (unpaired) electrons. The first kappa shape index (κ1) is 14.8. The van der Waals surface area contributed by atoms with Crippen LogP contribution >= 0.6 is 0 Å². The van der Waals surface area contributed by atoms with Crippen LogP contribution < -0.4 is 5.73 Å². The molecule has 4 nitrogen and oxygen atoms in total. The first-order valence-electron chi connectivity index (χ1n) is 7.77. The lowest BCUT2D eigenvalue weighted by molar-refractivity contribution is -0.148. The number of carbonyl (C=O) groups excluding carboxylic acids is 1. The molecule has 4 atom stereocenters. The van der Waals surface area contributed by atoms with Gasteiger partial charge >= 0.3 is 0 Å². The number of hydrogen-bond acceptors (Lipinski definition) is 3. The van der Waals surface area contributed by atoms with E-state index < -0.39 is 0 Å². The summed E-state index contributed by atoms with van der Waals surface area (Å²) in [7, 11) is 0. The van der Waals surface area contributed by atoms with Gasteiger partial charge in [0, 0.05) is 18.5 Å². The van der Waals surface area contributed by atoms with E-state index in [9.17, 15) is 4.79 Å². The monoisotopic (exact) mass is 268 g/mol. The molecule has 2 fully saturated rings. The first-order valence-corrected chi connectivity index (χ1v) is 7.77. The zero-order valence-electron chi connectivity index (χ0n) is 12.3. The quantitative estimate of drug-likeness (QED) is 0.829. The van der Waals surface area contributed by atoms with Gasteiger partial charge < -0.3 is 15.4 Å². The van der Waals surface area contributed by atoms with E-state index in [0.29, 0.717) is 24.7 Å². The first-order chi connectivity index (χ1) is 9.09. The minimum atomic E-state index is 0.123. The Morgan fingerprint density at radius 3 is 2.89 bits per heavy atom. The molecule has 0 bridgehead atoms. The van der Waals surface area contributed by atoms with Gasteiger partial charge in [0.05, 0.1) is 18.8 Å². The fourth-order valence-electron chi connectivity index (χ4n) is 3.35. The molecule has 2 N–H and O–H groups in total. The Balaban J connectivity index is 1.84. The molecule has 4 heteroatoms. The van der Waals surface area contributed by atoms with Crippen molar-refractivity contribution in [2.75, 3.05) is 13.2 Å². The number of morpholine rings is 1. The smallest absolute Gasteiger partial charge is 0.225 e. The minimum Gasteiger partial charge on any atom is -0.374 e. The summed E-state index contributed by atoms with van der Waals surface area (Å²) in [5.41, 5.74) is 5.76. The highest BCUT2D eigenvalue weighted by Gasteiger charge is 2.39. The lowest BCUT2D eigenvalue weighted by Crippen LogP contribution is -2.52. The standard InChI is InChI=1S/C15H28N2O2/c1-11(5-3-6-12(2)16)15(18)17-9-10-19-14-8-4-7-13(14)17/h11-14H,3-10,16H2,1-2H3. The molecule has 0 aromatic heterocycles. The largest absolute Gasteiger partial charge is 0.374 e. The Bertz CT molecular complexity index is 307. The summed E-state index contributed by atoms with van der Waals surface area (Å²) in [6.45, 7) is 5.57. The maximum atomic E-state index is 12.6. The van der Waals surface area contributed by atoms with Crippen molar-refractivity contribution in [3.63, 3.8) is 0 Å². The molecule has 0 spiro atoms. The predicted octanol–water partition coefficient (Wildman–Crippen LogP) is 1.92. The number of fused-ring (bicyclic) bond motifs is 1. The van der Waals surface area contributed by atoms with Crippen LogP contribution in [-0.4, -0.2) is 42.1 Å². The molecule has 19 heavy (non-hydrogen) atoms. The van der Waals surface area contributed by atoms with Gasteiger partial charge in [0.25, 0.3) is 0 Å². The minimum absolute atomic E-state index is 0.123. The van der Waals surface area contributed by atoms with Crippen LogP contribution in [-0.2, 0) is 9.53 Å².